The van der Waals surface area contributed by atoms with E-state index in [0.29, 0.717) is 0 Å². The van der Waals surface area contributed by atoms with Crippen LogP contribution in [-0.2, 0) is 0 Å². The van der Waals surface area contributed by atoms with Crippen molar-refractivity contribution >= 4 is 0 Å². The molecule has 68 valence electrons. The van der Waals surface area contributed by atoms with E-state index in [1.807, 2.05) is 0 Å². The van der Waals surface area contributed by atoms with Crippen LogP contribution in [0.2, 0.25) is 0 Å². The van der Waals surface area contributed by atoms with Gasteiger partial charge in [0.15, 0.2) is 0 Å². The monoisotopic (exact) mass is 176 g/mol. The van der Waals surface area contributed by atoms with Crippen molar-refractivity contribution in [2.45, 2.75) is 20.0 Å². The molecule has 0 aromatic rings. The van der Waals surface area contributed by atoms with Crippen molar-refractivity contribution in [2.75, 3.05) is 0 Å². The van der Waals surface area contributed by atoms with E-state index in [1.165, 1.54) is 26.0 Å². The lowest BCUT2D eigenvalue weighted by atomic mass is 10.1. The fourth-order valence-corrected chi connectivity index (χ4v) is 0.881. The Morgan fingerprint density at radius 1 is 1.33 bits per heavy atom. The van der Waals surface area contributed by atoms with E-state index >= 15 is 0 Å². The fraction of sp³-hybridized carbons (Fsp3) is 0.333. The van der Waals surface area contributed by atoms with Crippen LogP contribution in [-0.4, -0.2) is 6.18 Å². The summed E-state index contributed by atoms with van der Waals surface area (Å²) in [5, 5.41) is 0. The normalized spacial score (nSPS) is 14.8. The van der Waals surface area contributed by atoms with Gasteiger partial charge in [0.25, 0.3) is 0 Å². The number of halogens is 3. The van der Waals surface area contributed by atoms with E-state index in [2.05, 4.69) is 6.58 Å². The van der Waals surface area contributed by atoms with Gasteiger partial charge >= 0.3 is 6.18 Å². The van der Waals surface area contributed by atoms with Crippen LogP contribution < -0.4 is 0 Å². The highest BCUT2D eigenvalue weighted by molar-refractivity contribution is 5.34. The Hall–Kier alpha value is -0.990. The first-order chi connectivity index (χ1) is 5.43. The summed E-state index contributed by atoms with van der Waals surface area (Å²) in [5.74, 6) is 0. The molecule has 0 rings (SSSR count). The van der Waals surface area contributed by atoms with Crippen molar-refractivity contribution in [3.05, 3.63) is 36.0 Å². The first kappa shape index (κ1) is 11.0. The predicted octanol–water partition coefficient (Wildman–Crippen LogP) is 3.63. The topological polar surface area (TPSA) is 0 Å². The first-order valence-electron chi connectivity index (χ1n) is 3.46. The van der Waals surface area contributed by atoms with Gasteiger partial charge in [-0.1, -0.05) is 24.8 Å². The molecule has 0 aliphatic heterocycles. The minimum absolute atomic E-state index is 0.181. The lowest BCUT2D eigenvalue weighted by molar-refractivity contribution is -0.0894. The number of allylic oxidation sites excluding steroid dienone is 5. The molecular weight excluding hydrogens is 165 g/mol. The van der Waals surface area contributed by atoms with E-state index in [1.54, 1.807) is 0 Å². The Balaban J connectivity index is 4.84. The Kier molecular flexibility index (Phi) is 3.80. The summed E-state index contributed by atoms with van der Waals surface area (Å²) in [4.78, 5) is 0. The van der Waals surface area contributed by atoms with Crippen LogP contribution >= 0.6 is 0 Å². The van der Waals surface area contributed by atoms with Crippen molar-refractivity contribution in [1.82, 2.24) is 0 Å². The zero-order valence-corrected chi connectivity index (χ0v) is 7.07. The van der Waals surface area contributed by atoms with Crippen LogP contribution in [0.4, 0.5) is 13.2 Å². The van der Waals surface area contributed by atoms with Crippen LogP contribution in [0.3, 0.4) is 0 Å². The molecule has 0 amide bonds. The lowest BCUT2D eigenvalue weighted by Gasteiger charge is -2.10. The molecule has 0 aromatic carbocycles. The average molecular weight is 176 g/mol. The minimum Gasteiger partial charge on any atom is -0.166 e. The van der Waals surface area contributed by atoms with Gasteiger partial charge in [0.05, 0.1) is 5.57 Å². The Morgan fingerprint density at radius 2 is 1.83 bits per heavy atom. The molecule has 0 aromatic heterocycles. The quantitative estimate of drug-likeness (QED) is 0.563. The van der Waals surface area contributed by atoms with Gasteiger partial charge in [-0.05, 0) is 19.4 Å². The summed E-state index contributed by atoms with van der Waals surface area (Å²) in [7, 11) is 0. The van der Waals surface area contributed by atoms with Crippen LogP contribution in [0.1, 0.15) is 13.8 Å². The molecule has 12 heavy (non-hydrogen) atoms. The summed E-state index contributed by atoms with van der Waals surface area (Å²) in [6.07, 6.45) is -0.541. The summed E-state index contributed by atoms with van der Waals surface area (Å²) in [6.45, 7) is 6.10. The van der Waals surface area contributed by atoms with E-state index in [0.717, 1.165) is 6.08 Å². The standard InChI is InChI=1S/C9H11F3/c1-4-6-7(3)8(5-2)9(10,11)12/h4-6H,1H2,2-3H3/b7-6-,8-5+. The van der Waals surface area contributed by atoms with Crippen LogP contribution in [0.25, 0.3) is 0 Å². The fourth-order valence-electron chi connectivity index (χ4n) is 0.881. The van der Waals surface area contributed by atoms with Crippen molar-refractivity contribution in [1.29, 1.82) is 0 Å². The molecule has 0 N–H and O–H groups in total. The van der Waals surface area contributed by atoms with E-state index in [9.17, 15) is 13.2 Å². The molecule has 0 nitrogen and oxygen atoms in total. The van der Waals surface area contributed by atoms with Crippen molar-refractivity contribution < 1.29 is 13.2 Å². The van der Waals surface area contributed by atoms with Gasteiger partial charge in [0, 0.05) is 0 Å². The molecule has 0 saturated carbocycles. The van der Waals surface area contributed by atoms with Crippen LogP contribution in [0.15, 0.2) is 36.0 Å². The molecule has 0 aliphatic rings. The third-order valence-electron chi connectivity index (χ3n) is 1.39. The van der Waals surface area contributed by atoms with E-state index in [-0.39, 0.29) is 5.57 Å². The molecule has 0 fully saturated rings. The second-order valence-corrected chi connectivity index (χ2v) is 2.29. The Bertz CT molecular complexity index is 218. The zero-order chi connectivity index (χ0) is 9.78. The molecule has 0 spiro atoms. The maximum Gasteiger partial charge on any atom is 0.416 e. The summed E-state index contributed by atoms with van der Waals surface area (Å²) in [6, 6.07) is 0. The van der Waals surface area contributed by atoms with Crippen LogP contribution in [0.5, 0.6) is 0 Å². The molecule has 0 bridgehead atoms. The molecule has 0 radical (unpaired) electrons. The van der Waals surface area contributed by atoms with Gasteiger partial charge in [0.1, 0.15) is 0 Å². The van der Waals surface area contributed by atoms with Gasteiger partial charge in [-0.15, -0.1) is 0 Å². The smallest absolute Gasteiger partial charge is 0.166 e. The van der Waals surface area contributed by atoms with Gasteiger partial charge < -0.3 is 0 Å². The number of alkyl halides is 3. The number of rotatable bonds is 2. The molecular formula is C9H11F3. The van der Waals surface area contributed by atoms with Crippen molar-refractivity contribution in [3.63, 3.8) is 0 Å². The zero-order valence-electron chi connectivity index (χ0n) is 7.07. The Labute approximate surface area is 70.1 Å². The van der Waals surface area contributed by atoms with E-state index in [4.69, 9.17) is 0 Å². The third-order valence-corrected chi connectivity index (χ3v) is 1.39. The highest BCUT2D eigenvalue weighted by atomic mass is 19.4. The maximum absolute atomic E-state index is 12.2. The highest BCUT2D eigenvalue weighted by Gasteiger charge is 2.33. The molecule has 0 unspecified atom stereocenters. The molecule has 0 saturated heterocycles. The molecule has 0 heterocycles. The summed E-state index contributed by atoms with van der Waals surface area (Å²) in [5.41, 5.74) is -0.428. The predicted molar refractivity (Wildman–Crippen MR) is 43.8 cm³/mol. The van der Waals surface area contributed by atoms with Gasteiger partial charge in [-0.25, -0.2) is 0 Å². The highest BCUT2D eigenvalue weighted by Crippen LogP contribution is 2.30. The van der Waals surface area contributed by atoms with Crippen molar-refractivity contribution in [2.24, 2.45) is 0 Å². The third kappa shape index (κ3) is 2.95. The van der Waals surface area contributed by atoms with Gasteiger partial charge in [0.2, 0.25) is 0 Å². The second kappa shape index (κ2) is 4.14. The Morgan fingerprint density at radius 3 is 2.08 bits per heavy atom. The molecule has 0 aliphatic carbocycles. The maximum atomic E-state index is 12.2. The van der Waals surface area contributed by atoms with E-state index < -0.39 is 11.7 Å². The largest absolute Gasteiger partial charge is 0.416 e. The number of hydrogen-bond acceptors (Lipinski definition) is 0. The van der Waals surface area contributed by atoms with Gasteiger partial charge in [-0.2, -0.15) is 13.2 Å². The summed E-state index contributed by atoms with van der Waals surface area (Å²) >= 11 is 0. The first-order valence-corrected chi connectivity index (χ1v) is 3.46. The van der Waals surface area contributed by atoms with Crippen LogP contribution in [0, 0.1) is 0 Å². The number of hydrogen-bond donors (Lipinski definition) is 0. The SMILES string of the molecule is C=C/C=C(C)\C(=C/C)C(F)(F)F. The lowest BCUT2D eigenvalue weighted by Crippen LogP contribution is -2.12. The summed E-state index contributed by atoms with van der Waals surface area (Å²) < 4.78 is 36.5. The minimum atomic E-state index is -4.27. The van der Waals surface area contributed by atoms with Crippen molar-refractivity contribution in [3.8, 4) is 0 Å². The molecule has 0 atom stereocenters. The molecule has 3 heteroatoms. The second-order valence-electron chi connectivity index (χ2n) is 2.29. The average Bonchev–Trinajstić information content (AvgIpc) is 1.85. The van der Waals surface area contributed by atoms with Gasteiger partial charge in [-0.3, -0.25) is 0 Å².